The van der Waals surface area contributed by atoms with Crippen molar-refractivity contribution >= 4 is 27.8 Å². The first-order chi connectivity index (χ1) is 7.71. The summed E-state index contributed by atoms with van der Waals surface area (Å²) in [5.41, 5.74) is -6.69. The number of carbonyl (C=O) groups excluding carboxylic acids is 1. The molecule has 10 heteroatoms. The molecule has 0 aromatic heterocycles. The molecule has 1 amide bonds. The van der Waals surface area contributed by atoms with Crippen LogP contribution < -0.4 is 0 Å². The van der Waals surface area contributed by atoms with Crippen LogP contribution in [0, 0.1) is 0 Å². The lowest BCUT2D eigenvalue weighted by molar-refractivity contribution is -0.137. The fraction of sp³-hybridized carbons (Fsp3) is 0.571. The van der Waals surface area contributed by atoms with Crippen molar-refractivity contribution in [1.82, 2.24) is 4.90 Å². The summed E-state index contributed by atoms with van der Waals surface area (Å²) in [6, 6.07) is 0. The summed E-state index contributed by atoms with van der Waals surface area (Å²) in [6.45, 7) is 0. The molecular weight excluding hydrogens is 283 g/mol. The zero-order chi connectivity index (χ0) is 12.8. The molecule has 0 aromatic rings. The monoisotopic (exact) mass is 289 g/mol. The van der Waals surface area contributed by atoms with Gasteiger partial charge in [-0.05, 0) is 6.08 Å². The lowest BCUT2D eigenvalue weighted by atomic mass is 10.2. The van der Waals surface area contributed by atoms with E-state index in [4.69, 9.17) is 0 Å². The molecule has 2 rings (SSSR count). The zero-order valence-corrected chi connectivity index (χ0v) is 9.68. The summed E-state index contributed by atoms with van der Waals surface area (Å²) < 4.78 is 61.5. The molecule has 0 N–H and O–H groups in total. The van der Waals surface area contributed by atoms with Gasteiger partial charge in [-0.2, -0.15) is 21.6 Å². The summed E-state index contributed by atoms with van der Waals surface area (Å²) >= 11 is 0.845. The molecule has 96 valence electrons. The van der Waals surface area contributed by atoms with Crippen LogP contribution in [0.25, 0.3) is 0 Å². The van der Waals surface area contributed by atoms with Crippen LogP contribution in [0.1, 0.15) is 6.42 Å². The lowest BCUT2D eigenvalue weighted by Crippen LogP contribution is -2.50. The first kappa shape index (κ1) is 12.7. The van der Waals surface area contributed by atoms with Crippen LogP contribution in [0.15, 0.2) is 12.3 Å². The van der Waals surface area contributed by atoms with Gasteiger partial charge in [-0.3, -0.25) is 4.79 Å². The predicted molar refractivity (Wildman–Crippen MR) is 51.8 cm³/mol. The van der Waals surface area contributed by atoms with Crippen LogP contribution in [-0.2, 0) is 19.1 Å². The van der Waals surface area contributed by atoms with Crippen molar-refractivity contribution in [3.05, 3.63) is 12.3 Å². The van der Waals surface area contributed by atoms with Crippen LogP contribution in [0.4, 0.5) is 13.2 Å². The normalized spacial score (nSPS) is 28.9. The van der Waals surface area contributed by atoms with Crippen LogP contribution >= 0.6 is 11.8 Å². The van der Waals surface area contributed by atoms with Crippen molar-refractivity contribution in [2.75, 3.05) is 0 Å². The Kier molecular flexibility index (Phi) is 2.91. The number of β-lactam (4-membered cyclic amide) rings is 1. The number of alkyl halides is 3. The SMILES string of the molecule is O=C1C[C@H]2SC(OS(=O)(=O)C(F)(F)F)C=CN12. The Morgan fingerprint density at radius 2 is 2.12 bits per heavy atom. The molecule has 5 nitrogen and oxygen atoms in total. The number of hydrogen-bond donors (Lipinski definition) is 0. The molecule has 0 saturated carbocycles. The van der Waals surface area contributed by atoms with Gasteiger partial charge >= 0.3 is 15.6 Å². The zero-order valence-electron chi connectivity index (χ0n) is 8.05. The van der Waals surface area contributed by atoms with E-state index >= 15 is 0 Å². The first-order valence-electron chi connectivity index (χ1n) is 4.35. The Morgan fingerprint density at radius 3 is 2.59 bits per heavy atom. The van der Waals surface area contributed by atoms with Crippen molar-refractivity contribution in [3.63, 3.8) is 0 Å². The number of amides is 1. The van der Waals surface area contributed by atoms with Gasteiger partial charge in [0.15, 0.2) is 0 Å². The second-order valence-electron chi connectivity index (χ2n) is 3.30. The number of rotatable bonds is 2. The maximum absolute atomic E-state index is 12.0. The molecule has 0 aromatic carbocycles. The van der Waals surface area contributed by atoms with Gasteiger partial charge in [0.25, 0.3) is 0 Å². The summed E-state index contributed by atoms with van der Waals surface area (Å²) in [7, 11) is -5.60. The van der Waals surface area contributed by atoms with Crippen molar-refractivity contribution < 1.29 is 30.6 Å². The number of carbonyl (C=O) groups is 1. The topological polar surface area (TPSA) is 63.7 Å². The highest BCUT2D eigenvalue weighted by molar-refractivity contribution is 8.01. The number of fused-ring (bicyclic) bond motifs is 1. The first-order valence-corrected chi connectivity index (χ1v) is 6.70. The van der Waals surface area contributed by atoms with Gasteiger partial charge in [0.05, 0.1) is 11.8 Å². The van der Waals surface area contributed by atoms with Crippen LogP contribution in [0.5, 0.6) is 0 Å². The molecule has 0 spiro atoms. The second kappa shape index (κ2) is 3.89. The van der Waals surface area contributed by atoms with Gasteiger partial charge in [-0.15, -0.1) is 0 Å². The van der Waals surface area contributed by atoms with Crippen LogP contribution in [0.3, 0.4) is 0 Å². The van der Waals surface area contributed by atoms with Gasteiger partial charge in [0.1, 0.15) is 5.44 Å². The average molecular weight is 289 g/mol. The van der Waals surface area contributed by atoms with Crippen molar-refractivity contribution in [1.29, 1.82) is 0 Å². The molecule has 2 atom stereocenters. The second-order valence-corrected chi connectivity index (χ2v) is 6.15. The van der Waals surface area contributed by atoms with Crippen LogP contribution in [-0.4, -0.2) is 35.5 Å². The highest BCUT2D eigenvalue weighted by atomic mass is 32.2. The molecule has 1 saturated heterocycles. The number of nitrogens with zero attached hydrogens (tertiary/aromatic N) is 1. The highest BCUT2D eigenvalue weighted by Gasteiger charge is 2.50. The van der Waals surface area contributed by atoms with E-state index in [9.17, 15) is 26.4 Å². The minimum Gasteiger partial charge on any atom is -0.306 e. The lowest BCUT2D eigenvalue weighted by Gasteiger charge is -2.41. The number of thioether (sulfide) groups is 1. The third-order valence-corrected chi connectivity index (χ3v) is 4.53. The van der Waals surface area contributed by atoms with E-state index in [1.54, 1.807) is 0 Å². The van der Waals surface area contributed by atoms with E-state index in [0.717, 1.165) is 17.8 Å². The molecule has 2 aliphatic rings. The molecule has 1 fully saturated rings. The fourth-order valence-electron chi connectivity index (χ4n) is 1.29. The molecule has 17 heavy (non-hydrogen) atoms. The minimum atomic E-state index is -5.60. The van der Waals surface area contributed by atoms with Crippen molar-refractivity contribution in [2.45, 2.75) is 22.7 Å². The standard InChI is InChI=1S/C7H6F3NO4S2/c8-7(9,10)17(13,14)15-6-1-2-11-4(12)3-5(11)16-6/h1-2,5-6H,3H2/t5-,6?/m1/s1. The third-order valence-electron chi connectivity index (χ3n) is 2.15. The third kappa shape index (κ3) is 2.29. The molecular formula is C7H6F3NO4S2. The van der Waals surface area contributed by atoms with E-state index in [0.29, 0.717) is 0 Å². The minimum absolute atomic E-state index is 0.157. The van der Waals surface area contributed by atoms with E-state index in [2.05, 4.69) is 4.18 Å². The summed E-state index contributed by atoms with van der Waals surface area (Å²) in [4.78, 5) is 12.2. The molecule has 0 aliphatic carbocycles. The largest absolute Gasteiger partial charge is 0.523 e. The summed E-state index contributed by atoms with van der Waals surface area (Å²) in [5.74, 6) is -0.157. The maximum Gasteiger partial charge on any atom is 0.523 e. The average Bonchev–Trinajstić information content (AvgIpc) is 2.14. The Balaban J connectivity index is 2.05. The Labute approximate surface area is 98.7 Å². The number of hydrogen-bond acceptors (Lipinski definition) is 5. The smallest absolute Gasteiger partial charge is 0.306 e. The van der Waals surface area contributed by atoms with Gasteiger partial charge in [-0.1, -0.05) is 11.8 Å². The van der Waals surface area contributed by atoms with E-state index < -0.39 is 21.1 Å². The van der Waals surface area contributed by atoms with E-state index in [-0.39, 0.29) is 17.7 Å². The Hall–Kier alpha value is -0.740. The van der Waals surface area contributed by atoms with Gasteiger partial charge < -0.3 is 4.90 Å². The molecule has 0 bridgehead atoms. The predicted octanol–water partition coefficient (Wildman–Crippen LogP) is 0.998. The Bertz CT molecular complexity index is 472. The van der Waals surface area contributed by atoms with Gasteiger partial charge in [0.2, 0.25) is 5.91 Å². The molecule has 1 unspecified atom stereocenters. The van der Waals surface area contributed by atoms with Crippen molar-refractivity contribution in [2.24, 2.45) is 0 Å². The summed E-state index contributed by atoms with van der Waals surface area (Å²) in [6.07, 6.45) is 2.51. The number of halogens is 3. The van der Waals surface area contributed by atoms with E-state index in [1.807, 2.05) is 0 Å². The molecule has 2 aliphatic heterocycles. The maximum atomic E-state index is 12.0. The van der Waals surface area contributed by atoms with Crippen LogP contribution in [0.2, 0.25) is 0 Å². The summed E-state index contributed by atoms with van der Waals surface area (Å²) in [5, 5.41) is -0.346. The highest BCUT2D eigenvalue weighted by Crippen LogP contribution is 2.39. The van der Waals surface area contributed by atoms with Crippen molar-refractivity contribution in [3.8, 4) is 0 Å². The molecule has 2 heterocycles. The van der Waals surface area contributed by atoms with Gasteiger partial charge in [-0.25, -0.2) is 4.18 Å². The van der Waals surface area contributed by atoms with Gasteiger partial charge in [0, 0.05) is 6.20 Å². The molecule has 0 radical (unpaired) electrons. The fourth-order valence-corrected chi connectivity index (χ4v) is 3.23. The Morgan fingerprint density at radius 1 is 1.47 bits per heavy atom. The van der Waals surface area contributed by atoms with E-state index in [1.165, 1.54) is 11.1 Å². The quantitative estimate of drug-likeness (QED) is 0.431.